The molecular formula is C14H22BrClN2O2. The highest BCUT2D eigenvalue weighted by atomic mass is 79.9. The van der Waals surface area contributed by atoms with Crippen molar-refractivity contribution in [2.45, 2.75) is 25.7 Å². The van der Waals surface area contributed by atoms with E-state index in [0.717, 1.165) is 29.5 Å². The molecule has 0 aliphatic rings. The molecule has 0 spiro atoms. The lowest BCUT2D eigenvalue weighted by Gasteiger charge is -2.06. The van der Waals surface area contributed by atoms with Crippen molar-refractivity contribution in [2.24, 2.45) is 5.73 Å². The molecule has 1 amide bonds. The molecule has 0 heterocycles. The molecule has 114 valence electrons. The summed E-state index contributed by atoms with van der Waals surface area (Å²) in [6.45, 7) is 1.92. The van der Waals surface area contributed by atoms with Crippen molar-refractivity contribution in [3.05, 3.63) is 28.7 Å². The van der Waals surface area contributed by atoms with Crippen LogP contribution >= 0.6 is 28.3 Å². The lowest BCUT2D eigenvalue weighted by molar-refractivity contribution is -0.121. The number of hydrogen-bond donors (Lipinski definition) is 2. The normalized spacial score (nSPS) is 9.70. The number of benzene rings is 1. The van der Waals surface area contributed by atoms with Gasteiger partial charge in [0.25, 0.3) is 0 Å². The Morgan fingerprint density at radius 1 is 1.20 bits per heavy atom. The summed E-state index contributed by atoms with van der Waals surface area (Å²) in [5.41, 5.74) is 5.35. The molecule has 20 heavy (non-hydrogen) atoms. The van der Waals surface area contributed by atoms with Gasteiger partial charge < -0.3 is 15.8 Å². The number of halogens is 2. The van der Waals surface area contributed by atoms with Crippen LogP contribution in [0, 0.1) is 0 Å². The van der Waals surface area contributed by atoms with E-state index in [0.29, 0.717) is 26.1 Å². The van der Waals surface area contributed by atoms with E-state index in [1.165, 1.54) is 0 Å². The van der Waals surface area contributed by atoms with Gasteiger partial charge in [0.15, 0.2) is 0 Å². The summed E-state index contributed by atoms with van der Waals surface area (Å²) in [5, 5.41) is 2.83. The fourth-order valence-electron chi connectivity index (χ4n) is 1.53. The molecule has 0 saturated carbocycles. The van der Waals surface area contributed by atoms with E-state index in [2.05, 4.69) is 21.2 Å². The van der Waals surface area contributed by atoms with Gasteiger partial charge in [0, 0.05) is 17.4 Å². The quantitative estimate of drug-likeness (QED) is 0.661. The van der Waals surface area contributed by atoms with Gasteiger partial charge in [0.1, 0.15) is 5.75 Å². The van der Waals surface area contributed by atoms with Gasteiger partial charge in [-0.2, -0.15) is 0 Å². The van der Waals surface area contributed by atoms with Crippen LogP contribution in [-0.4, -0.2) is 25.6 Å². The number of unbranched alkanes of at least 4 members (excludes halogenated alkanes) is 1. The molecule has 6 heteroatoms. The van der Waals surface area contributed by atoms with Gasteiger partial charge in [0.05, 0.1) is 6.61 Å². The van der Waals surface area contributed by atoms with E-state index < -0.39 is 0 Å². The molecule has 0 fully saturated rings. The first-order valence-electron chi connectivity index (χ1n) is 6.57. The van der Waals surface area contributed by atoms with Crippen molar-refractivity contribution in [3.63, 3.8) is 0 Å². The molecule has 3 N–H and O–H groups in total. The van der Waals surface area contributed by atoms with Crippen molar-refractivity contribution >= 4 is 34.2 Å². The summed E-state index contributed by atoms with van der Waals surface area (Å²) in [4.78, 5) is 11.4. The molecule has 1 aromatic rings. The molecule has 0 atom stereocenters. The average Bonchev–Trinajstić information content (AvgIpc) is 2.41. The number of carbonyl (C=O) groups is 1. The third kappa shape index (κ3) is 9.18. The van der Waals surface area contributed by atoms with Gasteiger partial charge >= 0.3 is 0 Å². The molecule has 0 unspecified atom stereocenters. The van der Waals surface area contributed by atoms with Crippen LogP contribution in [-0.2, 0) is 4.79 Å². The van der Waals surface area contributed by atoms with E-state index in [1.54, 1.807) is 0 Å². The van der Waals surface area contributed by atoms with Gasteiger partial charge in [-0.3, -0.25) is 4.79 Å². The number of nitrogens with one attached hydrogen (secondary N) is 1. The summed E-state index contributed by atoms with van der Waals surface area (Å²) in [7, 11) is 0. The summed E-state index contributed by atoms with van der Waals surface area (Å²) >= 11 is 3.37. The number of hydrogen-bond acceptors (Lipinski definition) is 3. The molecule has 0 aliphatic carbocycles. The fourth-order valence-corrected chi connectivity index (χ4v) is 1.79. The molecule has 1 aromatic carbocycles. The minimum atomic E-state index is 0. The molecule has 0 radical (unpaired) electrons. The number of amides is 1. The summed E-state index contributed by atoms with van der Waals surface area (Å²) in [5.74, 6) is 0.952. The molecule has 0 saturated heterocycles. The first kappa shape index (κ1) is 19.2. The van der Waals surface area contributed by atoms with Crippen LogP contribution in [0.5, 0.6) is 5.75 Å². The van der Waals surface area contributed by atoms with Crippen LogP contribution in [0.25, 0.3) is 0 Å². The number of nitrogens with two attached hydrogens (primary N) is 1. The van der Waals surface area contributed by atoms with Gasteiger partial charge in [-0.25, -0.2) is 0 Å². The Balaban J connectivity index is 0.00000361. The van der Waals surface area contributed by atoms with Crippen LogP contribution in [0.3, 0.4) is 0 Å². The smallest absolute Gasteiger partial charge is 0.219 e. The first-order valence-corrected chi connectivity index (χ1v) is 7.37. The lowest BCUT2D eigenvalue weighted by Crippen LogP contribution is -2.25. The van der Waals surface area contributed by atoms with Crippen molar-refractivity contribution in [3.8, 4) is 5.75 Å². The van der Waals surface area contributed by atoms with Crippen LogP contribution in [0.2, 0.25) is 0 Å². The van der Waals surface area contributed by atoms with E-state index in [-0.39, 0.29) is 18.3 Å². The maximum absolute atomic E-state index is 11.4. The largest absolute Gasteiger partial charge is 0.494 e. The summed E-state index contributed by atoms with van der Waals surface area (Å²) in [6, 6.07) is 7.73. The van der Waals surface area contributed by atoms with Crippen molar-refractivity contribution in [1.29, 1.82) is 0 Å². The minimum absolute atomic E-state index is 0. The standard InChI is InChI=1S/C14H21BrN2O2.ClH/c15-12-5-7-13(8-6-12)19-11-2-1-4-14(18)17-10-3-9-16;/h5-8H,1-4,9-11,16H2,(H,17,18);1H. The monoisotopic (exact) mass is 364 g/mol. The van der Waals surface area contributed by atoms with Crippen LogP contribution in [0.4, 0.5) is 0 Å². The van der Waals surface area contributed by atoms with Crippen molar-refractivity contribution in [1.82, 2.24) is 5.32 Å². The third-order valence-corrected chi connectivity index (χ3v) is 3.11. The Kier molecular flexibility index (Phi) is 11.5. The van der Waals surface area contributed by atoms with Gasteiger partial charge in [-0.15, -0.1) is 12.4 Å². The number of carbonyl (C=O) groups excluding carboxylic acids is 1. The highest BCUT2D eigenvalue weighted by molar-refractivity contribution is 9.10. The lowest BCUT2D eigenvalue weighted by atomic mass is 10.2. The third-order valence-electron chi connectivity index (χ3n) is 2.58. The second kappa shape index (κ2) is 12.0. The number of ether oxygens (including phenoxy) is 1. The highest BCUT2D eigenvalue weighted by Gasteiger charge is 2.00. The van der Waals surface area contributed by atoms with E-state index >= 15 is 0 Å². The SMILES string of the molecule is Cl.NCCCNC(=O)CCCCOc1ccc(Br)cc1. The summed E-state index contributed by atoms with van der Waals surface area (Å²) < 4.78 is 6.61. The molecular weight excluding hydrogens is 344 g/mol. The van der Waals surface area contributed by atoms with Crippen LogP contribution in [0.15, 0.2) is 28.7 Å². The average molecular weight is 366 g/mol. The van der Waals surface area contributed by atoms with E-state index in [9.17, 15) is 4.79 Å². The zero-order chi connectivity index (χ0) is 13.9. The number of rotatable bonds is 9. The summed E-state index contributed by atoms with van der Waals surface area (Å²) in [6.07, 6.45) is 3.10. The molecule has 4 nitrogen and oxygen atoms in total. The molecule has 1 rings (SSSR count). The Labute approximate surface area is 135 Å². The van der Waals surface area contributed by atoms with Crippen molar-refractivity contribution in [2.75, 3.05) is 19.7 Å². The maximum Gasteiger partial charge on any atom is 0.219 e. The van der Waals surface area contributed by atoms with E-state index in [4.69, 9.17) is 10.5 Å². The van der Waals surface area contributed by atoms with Gasteiger partial charge in [-0.05, 0) is 50.1 Å². The van der Waals surface area contributed by atoms with Crippen molar-refractivity contribution < 1.29 is 9.53 Å². The fraction of sp³-hybridized carbons (Fsp3) is 0.500. The first-order chi connectivity index (χ1) is 9.22. The Morgan fingerprint density at radius 2 is 1.90 bits per heavy atom. The Bertz CT molecular complexity index is 374. The zero-order valence-electron chi connectivity index (χ0n) is 11.4. The molecule has 0 aliphatic heterocycles. The zero-order valence-corrected chi connectivity index (χ0v) is 13.8. The second-order valence-corrected chi connectivity index (χ2v) is 5.17. The predicted molar refractivity (Wildman–Crippen MR) is 87.4 cm³/mol. The second-order valence-electron chi connectivity index (χ2n) is 4.25. The van der Waals surface area contributed by atoms with Crippen LogP contribution in [0.1, 0.15) is 25.7 Å². The molecule has 0 aromatic heterocycles. The Hall–Kier alpha value is -0.780. The topological polar surface area (TPSA) is 64.3 Å². The van der Waals surface area contributed by atoms with Crippen LogP contribution < -0.4 is 15.8 Å². The maximum atomic E-state index is 11.4. The highest BCUT2D eigenvalue weighted by Crippen LogP contribution is 2.16. The van der Waals surface area contributed by atoms with E-state index in [1.807, 2.05) is 24.3 Å². The minimum Gasteiger partial charge on any atom is -0.494 e. The molecule has 0 bridgehead atoms. The Morgan fingerprint density at radius 3 is 2.55 bits per heavy atom. The predicted octanol–water partition coefficient (Wildman–Crippen LogP) is 2.89. The van der Waals surface area contributed by atoms with Gasteiger partial charge in [0.2, 0.25) is 5.91 Å². The van der Waals surface area contributed by atoms with Gasteiger partial charge in [-0.1, -0.05) is 15.9 Å².